The third-order valence-electron chi connectivity index (χ3n) is 5.68. The van der Waals surface area contributed by atoms with Crippen molar-refractivity contribution in [3.05, 3.63) is 46.1 Å². The molecule has 11 nitrogen and oxygen atoms in total. The molecule has 0 aliphatic heterocycles. The highest BCUT2D eigenvalue weighted by molar-refractivity contribution is 5.74. The predicted molar refractivity (Wildman–Crippen MR) is 126 cm³/mol. The minimum Gasteiger partial charge on any atom is -0.405 e. The van der Waals surface area contributed by atoms with E-state index in [4.69, 9.17) is 0 Å². The Hall–Kier alpha value is -3.84. The van der Waals surface area contributed by atoms with Gasteiger partial charge in [0.25, 0.3) is 0 Å². The van der Waals surface area contributed by atoms with Crippen LogP contribution in [0.4, 0.5) is 35.4 Å². The number of halogens is 3. The number of carbonyl (C=O) groups excluding carboxylic acids is 1. The monoisotopic (exact) mass is 511 g/mol. The number of alkyl halides is 3. The van der Waals surface area contributed by atoms with Crippen molar-refractivity contribution in [3.8, 4) is 5.75 Å². The molecule has 0 spiro atoms. The zero-order valence-corrected chi connectivity index (χ0v) is 19.6. The first-order valence-electron chi connectivity index (χ1n) is 11.5. The lowest BCUT2D eigenvalue weighted by molar-refractivity contribution is -0.384. The molecule has 1 aliphatic carbocycles. The summed E-state index contributed by atoms with van der Waals surface area (Å²) in [5.74, 6) is -0.107. The molecule has 1 aliphatic rings. The van der Waals surface area contributed by atoms with Gasteiger partial charge in [0.05, 0.1) is 4.92 Å². The number of nitrogens with zero attached hydrogens (tertiary/aromatic N) is 3. The topological polar surface area (TPSA) is 143 Å². The van der Waals surface area contributed by atoms with Crippen molar-refractivity contribution in [2.45, 2.75) is 51.6 Å². The minimum atomic E-state index is -4.84. The van der Waals surface area contributed by atoms with Crippen LogP contribution >= 0.6 is 0 Å². The molecule has 36 heavy (non-hydrogen) atoms. The number of rotatable bonds is 10. The quantitative estimate of drug-likeness (QED) is 0.275. The average molecular weight is 512 g/mol. The highest BCUT2D eigenvalue weighted by Crippen LogP contribution is 2.29. The van der Waals surface area contributed by atoms with E-state index >= 15 is 0 Å². The number of para-hydroxylation sites is 1. The van der Waals surface area contributed by atoms with Crippen LogP contribution in [0.15, 0.2) is 30.5 Å². The van der Waals surface area contributed by atoms with E-state index in [0.717, 1.165) is 31.9 Å². The maximum absolute atomic E-state index is 12.6. The Morgan fingerprint density at radius 1 is 1.19 bits per heavy atom. The zero-order valence-electron chi connectivity index (χ0n) is 19.6. The summed E-state index contributed by atoms with van der Waals surface area (Å²) in [6.07, 6.45) is -0.561. The zero-order chi connectivity index (χ0) is 26.1. The van der Waals surface area contributed by atoms with Crippen molar-refractivity contribution in [3.63, 3.8) is 0 Å². The molecular weight excluding hydrogens is 483 g/mol. The van der Waals surface area contributed by atoms with E-state index in [1.165, 1.54) is 18.2 Å². The van der Waals surface area contributed by atoms with Gasteiger partial charge in [0.1, 0.15) is 11.9 Å². The van der Waals surface area contributed by atoms with Gasteiger partial charge in [0.2, 0.25) is 11.8 Å². The first-order valence-corrected chi connectivity index (χ1v) is 11.5. The molecule has 0 bridgehead atoms. The summed E-state index contributed by atoms with van der Waals surface area (Å²) in [7, 11) is 0. The standard InChI is InChI=1S/C22H28F3N7O4/c1-2-26-21(33)30-16-9-7-14(8-10-16)11-27-19-17(32(34)35)13-29-20(31-19)28-12-15-5-3-4-6-18(15)36-22(23,24)25/h3-6,13-14,16H,2,7-12H2,1H3,(H2,26,30,33)(H2,27,28,29,31). The number of carbonyl (C=O) groups is 1. The van der Waals surface area contributed by atoms with Crippen molar-refractivity contribution in [1.29, 1.82) is 0 Å². The van der Waals surface area contributed by atoms with Crippen LogP contribution in [-0.2, 0) is 6.54 Å². The molecule has 1 aromatic carbocycles. The van der Waals surface area contributed by atoms with Gasteiger partial charge in [0.15, 0.2) is 0 Å². The Morgan fingerprint density at radius 2 is 1.92 bits per heavy atom. The molecule has 0 radical (unpaired) electrons. The van der Waals surface area contributed by atoms with Crippen molar-refractivity contribution in [1.82, 2.24) is 20.6 Å². The number of hydrogen-bond donors (Lipinski definition) is 4. The number of nitrogens with one attached hydrogen (secondary N) is 4. The summed E-state index contributed by atoms with van der Waals surface area (Å²) in [6, 6.07) is 5.51. The van der Waals surface area contributed by atoms with Gasteiger partial charge in [-0.1, -0.05) is 18.2 Å². The maximum Gasteiger partial charge on any atom is 0.573 e. The highest BCUT2D eigenvalue weighted by Gasteiger charge is 2.32. The number of nitro groups is 1. The van der Waals surface area contributed by atoms with Crippen LogP contribution in [0.3, 0.4) is 0 Å². The van der Waals surface area contributed by atoms with E-state index in [1.54, 1.807) is 6.07 Å². The molecule has 0 atom stereocenters. The second-order valence-corrected chi connectivity index (χ2v) is 8.30. The van der Waals surface area contributed by atoms with Gasteiger partial charge in [-0.25, -0.2) is 9.78 Å². The van der Waals surface area contributed by atoms with E-state index in [-0.39, 0.29) is 53.3 Å². The van der Waals surface area contributed by atoms with E-state index in [9.17, 15) is 28.1 Å². The first kappa shape index (κ1) is 26.8. The van der Waals surface area contributed by atoms with Crippen LogP contribution in [-0.4, -0.2) is 46.4 Å². The molecule has 1 aromatic heterocycles. The summed E-state index contributed by atoms with van der Waals surface area (Å²) in [5.41, 5.74) is -0.0998. The Labute approximate surface area is 205 Å². The normalized spacial score (nSPS) is 17.7. The number of urea groups is 1. The predicted octanol–water partition coefficient (Wildman–Crippen LogP) is 4.19. The second-order valence-electron chi connectivity index (χ2n) is 8.30. The lowest BCUT2D eigenvalue weighted by Gasteiger charge is -2.29. The molecule has 0 unspecified atom stereocenters. The Morgan fingerprint density at radius 3 is 2.58 bits per heavy atom. The largest absolute Gasteiger partial charge is 0.573 e. The molecule has 2 aromatic rings. The molecule has 14 heteroatoms. The molecule has 0 saturated heterocycles. The molecule has 4 N–H and O–H groups in total. The van der Waals surface area contributed by atoms with Gasteiger partial charge in [-0.15, -0.1) is 13.2 Å². The highest BCUT2D eigenvalue weighted by atomic mass is 19.4. The fourth-order valence-electron chi connectivity index (χ4n) is 3.92. The number of aromatic nitrogens is 2. The summed E-state index contributed by atoms with van der Waals surface area (Å²) in [6.45, 7) is 2.74. The van der Waals surface area contributed by atoms with Crippen molar-refractivity contribution in [2.75, 3.05) is 23.7 Å². The van der Waals surface area contributed by atoms with Crippen LogP contribution in [0.5, 0.6) is 5.75 Å². The fourth-order valence-corrected chi connectivity index (χ4v) is 3.92. The van der Waals surface area contributed by atoms with E-state index < -0.39 is 11.3 Å². The Kier molecular flexibility index (Phi) is 9.08. The second kappa shape index (κ2) is 12.2. The van der Waals surface area contributed by atoms with Gasteiger partial charge in [-0.05, 0) is 44.6 Å². The van der Waals surface area contributed by atoms with Crippen LogP contribution in [0.1, 0.15) is 38.2 Å². The number of hydrogen-bond acceptors (Lipinski definition) is 8. The van der Waals surface area contributed by atoms with Crippen molar-refractivity contribution < 1.29 is 27.6 Å². The minimum absolute atomic E-state index is 0.0137. The molecule has 3 rings (SSSR count). The van der Waals surface area contributed by atoms with Gasteiger partial charge in [-0.2, -0.15) is 4.98 Å². The van der Waals surface area contributed by atoms with Gasteiger partial charge in [0, 0.05) is 31.2 Å². The number of ether oxygens (including phenoxy) is 1. The van der Waals surface area contributed by atoms with E-state index in [0.29, 0.717) is 13.1 Å². The van der Waals surface area contributed by atoms with Crippen LogP contribution in [0, 0.1) is 16.0 Å². The summed E-state index contributed by atoms with van der Waals surface area (Å²) in [4.78, 5) is 30.6. The average Bonchev–Trinajstić information content (AvgIpc) is 2.82. The van der Waals surface area contributed by atoms with Crippen LogP contribution in [0.25, 0.3) is 0 Å². The lowest BCUT2D eigenvalue weighted by Crippen LogP contribution is -2.43. The smallest absolute Gasteiger partial charge is 0.405 e. The van der Waals surface area contributed by atoms with E-state index in [2.05, 4.69) is 36.0 Å². The van der Waals surface area contributed by atoms with E-state index in [1.807, 2.05) is 6.92 Å². The number of amides is 2. The molecule has 1 heterocycles. The molecule has 2 amide bonds. The molecule has 1 fully saturated rings. The summed E-state index contributed by atoms with van der Waals surface area (Å²) < 4.78 is 42.0. The third-order valence-corrected chi connectivity index (χ3v) is 5.68. The number of benzene rings is 1. The SMILES string of the molecule is CCNC(=O)NC1CCC(CNc2nc(NCc3ccccc3OC(F)(F)F)ncc2[N+](=O)[O-])CC1. The lowest BCUT2D eigenvalue weighted by atomic mass is 9.86. The van der Waals surface area contributed by atoms with Gasteiger partial charge >= 0.3 is 18.1 Å². The summed E-state index contributed by atoms with van der Waals surface area (Å²) >= 11 is 0. The van der Waals surface area contributed by atoms with Crippen molar-refractivity contribution >= 4 is 23.5 Å². The molecule has 196 valence electrons. The van der Waals surface area contributed by atoms with Crippen LogP contribution < -0.4 is 26.0 Å². The van der Waals surface area contributed by atoms with Gasteiger partial charge in [-0.3, -0.25) is 10.1 Å². The Bertz CT molecular complexity index is 1050. The summed E-state index contributed by atoms with van der Waals surface area (Å²) in [5, 5.41) is 22.9. The molecular formula is C22H28F3N7O4. The van der Waals surface area contributed by atoms with Crippen molar-refractivity contribution in [2.24, 2.45) is 5.92 Å². The fraction of sp³-hybridized carbons (Fsp3) is 0.500. The number of anilines is 2. The van der Waals surface area contributed by atoms with Gasteiger partial charge < -0.3 is 26.0 Å². The Balaban J connectivity index is 1.59. The van der Waals surface area contributed by atoms with Crippen LogP contribution in [0.2, 0.25) is 0 Å². The first-order chi connectivity index (χ1) is 17.1. The molecule has 1 saturated carbocycles. The third kappa shape index (κ3) is 8.13. The maximum atomic E-state index is 12.6.